The van der Waals surface area contributed by atoms with Crippen molar-refractivity contribution in [2.45, 2.75) is 43.8 Å². The van der Waals surface area contributed by atoms with E-state index < -0.39 is 40.3 Å². The monoisotopic (exact) mass is 514 g/mol. The number of alkyl halides is 1. The highest BCUT2D eigenvalue weighted by molar-refractivity contribution is 6.03. The number of rotatable bonds is 5. The number of amides is 1. The molecule has 3 aromatic rings. The summed E-state index contributed by atoms with van der Waals surface area (Å²) in [5.74, 6) is -3.57. The summed E-state index contributed by atoms with van der Waals surface area (Å²) < 4.78 is 63.8. The molecule has 3 N–H and O–H groups in total. The van der Waals surface area contributed by atoms with Crippen LogP contribution in [0.15, 0.2) is 42.7 Å². The van der Waals surface area contributed by atoms with Gasteiger partial charge in [0.25, 0.3) is 5.91 Å². The maximum absolute atomic E-state index is 14.9. The molecule has 1 aliphatic carbocycles. The number of nitrogens with two attached hydrogens (primary N) is 1. The second-order valence-electron chi connectivity index (χ2n) is 9.99. The number of aromatic nitrogens is 2. The molecule has 0 spiro atoms. The number of ether oxygens (including phenoxy) is 1. The Balaban J connectivity index is 1.44. The number of carbonyl (C=O) groups excluding carboxylic acids is 1. The Labute approximate surface area is 211 Å². The summed E-state index contributed by atoms with van der Waals surface area (Å²) >= 11 is 0. The average molecular weight is 515 g/mol. The van der Waals surface area contributed by atoms with Crippen molar-refractivity contribution in [3.05, 3.63) is 77.0 Å². The maximum Gasteiger partial charge on any atom is 0.274 e. The Morgan fingerprint density at radius 2 is 1.81 bits per heavy atom. The minimum Gasteiger partial charge on any atom is -0.374 e. The number of nitrogens with one attached hydrogen (secondary N) is 1. The van der Waals surface area contributed by atoms with Crippen LogP contribution in [-0.2, 0) is 10.4 Å². The summed E-state index contributed by atoms with van der Waals surface area (Å²) in [5, 5.41) is 2.75. The highest BCUT2D eigenvalue weighted by Crippen LogP contribution is 2.39. The number of nitrogens with zero attached hydrogens (tertiary/aromatic N) is 2. The van der Waals surface area contributed by atoms with E-state index in [9.17, 15) is 22.4 Å². The van der Waals surface area contributed by atoms with E-state index in [4.69, 9.17) is 10.5 Å². The summed E-state index contributed by atoms with van der Waals surface area (Å²) in [6.45, 7) is 1.48. The lowest BCUT2D eigenvalue weighted by Crippen LogP contribution is -2.42. The van der Waals surface area contributed by atoms with Crippen molar-refractivity contribution in [3.8, 4) is 11.3 Å². The molecule has 0 radical (unpaired) electrons. The molecule has 5 rings (SSSR count). The molecule has 0 unspecified atom stereocenters. The smallest absolute Gasteiger partial charge is 0.274 e. The van der Waals surface area contributed by atoms with Gasteiger partial charge in [0.05, 0.1) is 30.7 Å². The normalized spacial score (nSPS) is 22.8. The SMILES string of the molecule is C[C@@H]1C[C@@H](N)C[C@H](c2ccncc2NC(=O)c2ccc(F)c(-c3c(F)cc(C4(F)COC4)cc3F)n2)C1. The first-order chi connectivity index (χ1) is 17.6. The average Bonchev–Trinajstić information content (AvgIpc) is 2.82. The summed E-state index contributed by atoms with van der Waals surface area (Å²) in [5.41, 5.74) is 3.58. The van der Waals surface area contributed by atoms with Crippen LogP contribution in [-0.4, -0.2) is 35.1 Å². The van der Waals surface area contributed by atoms with E-state index in [1.165, 1.54) is 6.20 Å². The van der Waals surface area contributed by atoms with E-state index in [1.54, 1.807) is 6.20 Å². The zero-order chi connectivity index (χ0) is 26.3. The zero-order valence-corrected chi connectivity index (χ0v) is 20.1. The fourth-order valence-electron chi connectivity index (χ4n) is 5.21. The summed E-state index contributed by atoms with van der Waals surface area (Å²) in [7, 11) is 0. The van der Waals surface area contributed by atoms with Crippen LogP contribution in [0.2, 0.25) is 0 Å². The molecular weight excluding hydrogens is 488 g/mol. The molecule has 1 aromatic carbocycles. The quantitative estimate of drug-likeness (QED) is 0.455. The van der Waals surface area contributed by atoms with Crippen molar-refractivity contribution in [1.29, 1.82) is 0 Å². The third-order valence-corrected chi connectivity index (χ3v) is 7.06. The first kappa shape index (κ1) is 25.3. The van der Waals surface area contributed by atoms with E-state index >= 15 is 0 Å². The van der Waals surface area contributed by atoms with Gasteiger partial charge < -0.3 is 15.8 Å². The van der Waals surface area contributed by atoms with Crippen LogP contribution in [0.25, 0.3) is 11.3 Å². The lowest BCUT2D eigenvalue weighted by atomic mass is 9.76. The topological polar surface area (TPSA) is 90.1 Å². The van der Waals surface area contributed by atoms with Crippen LogP contribution in [0.4, 0.5) is 23.2 Å². The predicted octanol–water partition coefficient (Wildman–Crippen LogP) is 5.24. The van der Waals surface area contributed by atoms with Crippen molar-refractivity contribution in [1.82, 2.24) is 9.97 Å². The number of pyridine rings is 2. The fourth-order valence-corrected chi connectivity index (χ4v) is 5.21. The number of halogens is 4. The number of hydrogen-bond acceptors (Lipinski definition) is 5. The molecule has 1 saturated heterocycles. The molecule has 2 fully saturated rings. The molecule has 10 heteroatoms. The molecule has 194 valence electrons. The Morgan fingerprint density at radius 3 is 2.46 bits per heavy atom. The molecule has 1 amide bonds. The molecule has 2 aromatic heterocycles. The van der Waals surface area contributed by atoms with Gasteiger partial charge in [-0.05, 0) is 72.6 Å². The van der Waals surface area contributed by atoms with Gasteiger partial charge in [0, 0.05) is 12.2 Å². The van der Waals surface area contributed by atoms with Gasteiger partial charge in [-0.1, -0.05) is 6.92 Å². The number of carbonyl (C=O) groups is 1. The zero-order valence-electron chi connectivity index (χ0n) is 20.1. The van der Waals surface area contributed by atoms with Crippen LogP contribution in [0.5, 0.6) is 0 Å². The van der Waals surface area contributed by atoms with E-state index in [2.05, 4.69) is 22.2 Å². The minimum absolute atomic E-state index is 0.0482. The Kier molecular flexibility index (Phi) is 6.72. The molecule has 0 bridgehead atoms. The van der Waals surface area contributed by atoms with Crippen LogP contribution < -0.4 is 11.1 Å². The Bertz CT molecular complexity index is 1310. The van der Waals surface area contributed by atoms with Crippen LogP contribution in [0, 0.1) is 23.4 Å². The largest absolute Gasteiger partial charge is 0.374 e. The molecule has 2 aliphatic rings. The Morgan fingerprint density at radius 1 is 1.08 bits per heavy atom. The summed E-state index contributed by atoms with van der Waals surface area (Å²) in [6.07, 6.45) is 5.74. The van der Waals surface area contributed by atoms with Gasteiger partial charge in [0.2, 0.25) is 0 Å². The highest BCUT2D eigenvalue weighted by Gasteiger charge is 2.42. The van der Waals surface area contributed by atoms with Gasteiger partial charge in [-0.2, -0.15) is 0 Å². The van der Waals surface area contributed by atoms with Gasteiger partial charge >= 0.3 is 0 Å². The summed E-state index contributed by atoms with van der Waals surface area (Å²) in [6, 6.07) is 5.50. The van der Waals surface area contributed by atoms with E-state index in [0.717, 1.165) is 49.1 Å². The van der Waals surface area contributed by atoms with Crippen LogP contribution >= 0.6 is 0 Å². The van der Waals surface area contributed by atoms with Crippen molar-refractivity contribution < 1.29 is 27.1 Å². The summed E-state index contributed by atoms with van der Waals surface area (Å²) in [4.78, 5) is 21.1. The molecule has 1 saturated carbocycles. The van der Waals surface area contributed by atoms with Gasteiger partial charge in [0.1, 0.15) is 28.8 Å². The van der Waals surface area contributed by atoms with Gasteiger partial charge in [-0.15, -0.1) is 0 Å². The minimum atomic E-state index is -2.00. The van der Waals surface area contributed by atoms with Crippen molar-refractivity contribution in [2.24, 2.45) is 11.7 Å². The van der Waals surface area contributed by atoms with E-state index in [1.807, 2.05) is 6.07 Å². The molecule has 3 atom stereocenters. The maximum atomic E-state index is 14.9. The van der Waals surface area contributed by atoms with Crippen molar-refractivity contribution in [3.63, 3.8) is 0 Å². The third kappa shape index (κ3) is 4.95. The molecular formula is C27H26F4N4O2. The van der Waals surface area contributed by atoms with Gasteiger partial charge in [-0.25, -0.2) is 22.5 Å². The first-order valence-electron chi connectivity index (χ1n) is 12.1. The molecule has 6 nitrogen and oxygen atoms in total. The second-order valence-corrected chi connectivity index (χ2v) is 9.99. The third-order valence-electron chi connectivity index (χ3n) is 7.06. The molecule has 1 aliphatic heterocycles. The van der Waals surface area contributed by atoms with E-state index in [0.29, 0.717) is 11.6 Å². The van der Waals surface area contributed by atoms with Crippen LogP contribution in [0.1, 0.15) is 53.7 Å². The van der Waals surface area contributed by atoms with Crippen molar-refractivity contribution >= 4 is 11.6 Å². The first-order valence-corrected chi connectivity index (χ1v) is 12.1. The number of hydrogen-bond donors (Lipinski definition) is 2. The van der Waals surface area contributed by atoms with Crippen LogP contribution in [0.3, 0.4) is 0 Å². The molecule has 37 heavy (non-hydrogen) atoms. The Hall–Kier alpha value is -3.37. The fraction of sp³-hybridized carbons (Fsp3) is 0.370. The second kappa shape index (κ2) is 9.83. The standard InChI is InChI=1S/C27H26F4N4O2/c1-14-6-15(8-17(32)7-14)18-4-5-33-11-23(18)35-26(36)22-3-2-19(28)25(34-22)24-20(29)9-16(10-21(24)30)27(31)12-37-13-27/h2-5,9-11,14-15,17H,6-8,12-13,32H2,1H3,(H,35,36)/t14-,15+,17+/m0/s1. The van der Waals surface area contributed by atoms with Gasteiger partial charge in [0.15, 0.2) is 5.67 Å². The lowest BCUT2D eigenvalue weighted by molar-refractivity contribution is -0.135. The lowest BCUT2D eigenvalue weighted by Gasteiger charge is -2.34. The van der Waals surface area contributed by atoms with E-state index in [-0.39, 0.29) is 36.4 Å². The van der Waals surface area contributed by atoms with Gasteiger partial charge in [-0.3, -0.25) is 9.78 Å². The number of anilines is 1. The predicted molar refractivity (Wildman–Crippen MR) is 129 cm³/mol. The van der Waals surface area contributed by atoms with Crippen molar-refractivity contribution in [2.75, 3.05) is 18.5 Å². The highest BCUT2D eigenvalue weighted by atomic mass is 19.2. The number of benzene rings is 1. The molecule has 3 heterocycles.